The van der Waals surface area contributed by atoms with E-state index in [2.05, 4.69) is 26.4 Å². The topological polar surface area (TPSA) is 29.1 Å². The molecule has 0 aromatic heterocycles. The fourth-order valence-electron chi connectivity index (χ4n) is 0.791. The molecule has 0 spiro atoms. The lowest BCUT2D eigenvalue weighted by Crippen LogP contribution is -1.96. The lowest BCUT2D eigenvalue weighted by atomic mass is 10.1. The van der Waals surface area contributed by atoms with Crippen LogP contribution in [0.25, 0.3) is 0 Å². The van der Waals surface area contributed by atoms with Gasteiger partial charge in [0.2, 0.25) is 0 Å². The van der Waals surface area contributed by atoms with Gasteiger partial charge < -0.3 is 0 Å². The van der Waals surface area contributed by atoms with Crippen LogP contribution in [0.3, 0.4) is 0 Å². The van der Waals surface area contributed by atoms with Crippen LogP contribution < -0.4 is 3.53 Å². The highest BCUT2D eigenvalue weighted by atomic mass is 127. The van der Waals surface area contributed by atoms with E-state index in [0.29, 0.717) is 0 Å². The van der Waals surface area contributed by atoms with E-state index in [1.807, 2.05) is 24.3 Å². The summed E-state index contributed by atoms with van der Waals surface area (Å²) in [6.45, 7) is 0.833. The summed E-state index contributed by atoms with van der Waals surface area (Å²) >= 11 is 2.09. The molecule has 0 aliphatic rings. The van der Waals surface area contributed by atoms with Crippen molar-refractivity contribution in [3.05, 3.63) is 35.4 Å². The summed E-state index contributed by atoms with van der Waals surface area (Å²) in [7, 11) is 0. The Kier molecular flexibility index (Phi) is 3.51. The molecule has 1 aromatic carbocycles. The zero-order valence-electron chi connectivity index (χ0n) is 5.88. The Morgan fingerprint density at radius 3 is 2.45 bits per heavy atom. The molecular weight excluding hydrogens is 253 g/mol. The second-order valence-electron chi connectivity index (χ2n) is 2.17. The average molecular weight is 261 g/mol. The molecule has 0 atom stereocenters. The summed E-state index contributed by atoms with van der Waals surface area (Å²) in [5, 5.41) is 0. The van der Waals surface area contributed by atoms with Crippen molar-refractivity contribution in [2.24, 2.45) is 0 Å². The van der Waals surface area contributed by atoms with Gasteiger partial charge in [-0.3, -0.25) is 8.32 Å². The lowest BCUT2D eigenvalue weighted by Gasteiger charge is -1.97. The first-order valence-electron chi connectivity index (χ1n) is 3.24. The van der Waals surface area contributed by atoms with Crippen LogP contribution >= 0.6 is 22.9 Å². The third kappa shape index (κ3) is 2.59. The monoisotopic (exact) mass is 261 g/mol. The fourth-order valence-corrected chi connectivity index (χ4v) is 1.23. The normalized spacial score (nSPS) is 9.55. The molecule has 0 aliphatic carbocycles. The minimum atomic E-state index is 0.724. The molecule has 1 aromatic rings. The van der Waals surface area contributed by atoms with Crippen molar-refractivity contribution in [1.82, 2.24) is 3.53 Å². The maximum Gasteiger partial charge on any atom is 0.150 e. The van der Waals surface area contributed by atoms with Crippen molar-refractivity contribution in [3.8, 4) is 0 Å². The molecule has 2 nitrogen and oxygen atoms in total. The summed E-state index contributed by atoms with van der Waals surface area (Å²) in [5.74, 6) is 0. The molecule has 0 saturated carbocycles. The van der Waals surface area contributed by atoms with Crippen LogP contribution in [0.1, 0.15) is 15.9 Å². The van der Waals surface area contributed by atoms with E-state index < -0.39 is 0 Å². The highest BCUT2D eigenvalue weighted by Crippen LogP contribution is 2.02. The molecule has 1 N–H and O–H groups in total. The molecule has 1 rings (SSSR count). The van der Waals surface area contributed by atoms with E-state index in [1.54, 1.807) is 0 Å². The first-order chi connectivity index (χ1) is 5.36. The van der Waals surface area contributed by atoms with Gasteiger partial charge in [0.25, 0.3) is 0 Å². The second-order valence-corrected chi connectivity index (χ2v) is 2.93. The van der Waals surface area contributed by atoms with Gasteiger partial charge in [0, 0.05) is 35.0 Å². The molecule has 0 bridgehead atoms. The van der Waals surface area contributed by atoms with Gasteiger partial charge in [-0.25, -0.2) is 0 Å². The van der Waals surface area contributed by atoms with Gasteiger partial charge in [0.1, 0.15) is 6.29 Å². The van der Waals surface area contributed by atoms with Gasteiger partial charge in [-0.05, 0) is 5.56 Å². The smallest absolute Gasteiger partial charge is 0.150 e. The number of rotatable bonds is 3. The molecule has 11 heavy (non-hydrogen) atoms. The number of halogens is 1. The van der Waals surface area contributed by atoms with E-state index >= 15 is 0 Å². The van der Waals surface area contributed by atoms with Crippen molar-refractivity contribution in [2.45, 2.75) is 6.54 Å². The highest BCUT2D eigenvalue weighted by Gasteiger charge is 1.90. The largest absolute Gasteiger partial charge is 0.298 e. The van der Waals surface area contributed by atoms with Crippen molar-refractivity contribution in [3.63, 3.8) is 0 Å². The molecule has 58 valence electrons. The zero-order valence-corrected chi connectivity index (χ0v) is 8.04. The third-order valence-electron chi connectivity index (χ3n) is 1.39. The Labute approximate surface area is 79.5 Å². The van der Waals surface area contributed by atoms with Crippen LogP contribution in [-0.2, 0) is 6.54 Å². The van der Waals surface area contributed by atoms with E-state index in [0.717, 1.165) is 18.4 Å². The van der Waals surface area contributed by atoms with E-state index in [4.69, 9.17) is 0 Å². The SMILES string of the molecule is O=Cc1ccc(CNI)cc1. The third-order valence-corrected chi connectivity index (χ3v) is 1.77. The number of carbonyl (C=O) groups excluding carboxylic acids is 1. The maximum absolute atomic E-state index is 10.3. The van der Waals surface area contributed by atoms with E-state index in [9.17, 15) is 4.79 Å². The Balaban J connectivity index is 2.74. The molecule has 0 heterocycles. The van der Waals surface area contributed by atoms with E-state index in [-0.39, 0.29) is 0 Å². The number of carbonyl (C=O) groups is 1. The summed E-state index contributed by atoms with van der Waals surface area (Å²) in [6, 6.07) is 7.51. The molecule has 0 radical (unpaired) electrons. The van der Waals surface area contributed by atoms with E-state index in [1.165, 1.54) is 5.56 Å². The van der Waals surface area contributed by atoms with Crippen LogP contribution in [0.2, 0.25) is 0 Å². The first kappa shape index (κ1) is 8.67. The summed E-state index contributed by atoms with van der Waals surface area (Å²) in [5.41, 5.74) is 1.91. The number of aldehydes is 1. The number of benzene rings is 1. The van der Waals surface area contributed by atoms with Crippen LogP contribution in [0.5, 0.6) is 0 Å². The van der Waals surface area contributed by atoms with Crippen LogP contribution in [0, 0.1) is 0 Å². The standard InChI is InChI=1S/C8H8INO/c9-10-5-7-1-3-8(6-11)4-2-7/h1-4,6,10H,5H2. The Morgan fingerprint density at radius 1 is 1.36 bits per heavy atom. The van der Waals surface area contributed by atoms with Gasteiger partial charge in [-0.1, -0.05) is 24.3 Å². The zero-order chi connectivity index (χ0) is 8.10. The van der Waals surface area contributed by atoms with Gasteiger partial charge in [-0.2, -0.15) is 0 Å². The Bertz CT molecular complexity index is 232. The van der Waals surface area contributed by atoms with Gasteiger partial charge in [0.15, 0.2) is 0 Å². The Morgan fingerprint density at radius 2 is 2.00 bits per heavy atom. The predicted octanol–water partition coefficient (Wildman–Crippen LogP) is 1.94. The van der Waals surface area contributed by atoms with Crippen molar-refractivity contribution in [2.75, 3.05) is 0 Å². The van der Waals surface area contributed by atoms with Crippen molar-refractivity contribution < 1.29 is 4.79 Å². The van der Waals surface area contributed by atoms with Gasteiger partial charge in [0.05, 0.1) is 0 Å². The number of nitrogens with one attached hydrogen (secondary N) is 1. The van der Waals surface area contributed by atoms with Gasteiger partial charge >= 0.3 is 0 Å². The highest BCUT2D eigenvalue weighted by molar-refractivity contribution is 14.1. The Hall–Kier alpha value is -0.420. The molecular formula is C8H8INO. The fraction of sp³-hybridized carbons (Fsp3) is 0.125. The summed E-state index contributed by atoms with van der Waals surface area (Å²) in [6.07, 6.45) is 0.848. The van der Waals surface area contributed by atoms with Crippen molar-refractivity contribution in [1.29, 1.82) is 0 Å². The summed E-state index contributed by atoms with van der Waals surface area (Å²) in [4.78, 5) is 10.3. The summed E-state index contributed by atoms with van der Waals surface area (Å²) < 4.78 is 3.00. The first-order valence-corrected chi connectivity index (χ1v) is 4.32. The second kappa shape index (κ2) is 4.46. The van der Waals surface area contributed by atoms with Crippen LogP contribution in [0.15, 0.2) is 24.3 Å². The number of hydrogen-bond acceptors (Lipinski definition) is 2. The van der Waals surface area contributed by atoms with Crippen molar-refractivity contribution >= 4 is 29.2 Å². The van der Waals surface area contributed by atoms with Gasteiger partial charge in [-0.15, -0.1) is 0 Å². The van der Waals surface area contributed by atoms with Crippen LogP contribution in [0.4, 0.5) is 0 Å². The number of hydrogen-bond donors (Lipinski definition) is 1. The quantitative estimate of drug-likeness (QED) is 0.511. The minimum Gasteiger partial charge on any atom is -0.298 e. The average Bonchev–Trinajstić information content (AvgIpc) is 2.07. The predicted molar refractivity (Wildman–Crippen MR) is 52.7 cm³/mol. The molecule has 0 unspecified atom stereocenters. The molecule has 0 amide bonds. The molecule has 0 saturated heterocycles. The lowest BCUT2D eigenvalue weighted by molar-refractivity contribution is 0.112. The van der Waals surface area contributed by atoms with Crippen LogP contribution in [-0.4, -0.2) is 6.29 Å². The molecule has 0 fully saturated rings. The molecule has 0 aliphatic heterocycles. The molecule has 3 heteroatoms. The minimum absolute atomic E-state index is 0.724. The maximum atomic E-state index is 10.3.